The zero-order valence-corrected chi connectivity index (χ0v) is 29.0. The number of hydrogen-bond acceptors (Lipinski definition) is 5. The first-order valence-corrected chi connectivity index (χ1v) is 19.4. The van der Waals surface area contributed by atoms with Crippen LogP contribution in [-0.4, -0.2) is 53.1 Å². The van der Waals surface area contributed by atoms with Crippen LogP contribution in [0.2, 0.25) is 0 Å². The van der Waals surface area contributed by atoms with Crippen molar-refractivity contribution in [2.24, 2.45) is 0 Å². The van der Waals surface area contributed by atoms with Gasteiger partial charge >= 0.3 is 0 Å². The number of carbonyl (C=O) groups excluding carboxylic acids is 1. The second kappa shape index (κ2) is 30.2. The summed E-state index contributed by atoms with van der Waals surface area (Å²) in [5, 5.41) is 23.2. The summed E-state index contributed by atoms with van der Waals surface area (Å²) in [5.41, 5.74) is 0. The van der Waals surface area contributed by atoms with Gasteiger partial charge in [-0.2, -0.15) is 8.42 Å². The van der Waals surface area contributed by atoms with E-state index in [1.54, 1.807) is 6.08 Å². The monoisotopic (exact) mass is 641 g/mol. The molecule has 3 atom stereocenters. The Labute approximate surface area is 270 Å². The molecule has 0 spiro atoms. The van der Waals surface area contributed by atoms with Crippen LogP contribution in [-0.2, 0) is 14.9 Å². The summed E-state index contributed by atoms with van der Waals surface area (Å²) in [7, 11) is -4.45. The maximum absolute atomic E-state index is 12.5. The maximum Gasteiger partial charge on any atom is 0.267 e. The molecule has 4 N–H and O–H groups in total. The zero-order chi connectivity index (χ0) is 32.7. The molecule has 0 rings (SSSR count). The molecule has 8 heteroatoms. The first-order chi connectivity index (χ1) is 21.2. The van der Waals surface area contributed by atoms with Gasteiger partial charge in [0.05, 0.1) is 17.9 Å². The third-order valence-corrected chi connectivity index (χ3v) is 8.68. The molecule has 0 bridgehead atoms. The highest BCUT2D eigenvalue weighted by Gasteiger charge is 2.27. The summed E-state index contributed by atoms with van der Waals surface area (Å²) in [4.78, 5) is 12.5. The molecule has 0 fully saturated rings. The van der Waals surface area contributed by atoms with E-state index in [1.807, 2.05) is 0 Å². The second-order valence-electron chi connectivity index (χ2n) is 12.3. The summed E-state index contributed by atoms with van der Waals surface area (Å²) >= 11 is 0. The Kier molecular flexibility index (Phi) is 29.2. The lowest BCUT2D eigenvalue weighted by molar-refractivity contribution is -0.130. The topological polar surface area (TPSA) is 124 Å². The average Bonchev–Trinajstić information content (AvgIpc) is 2.98. The van der Waals surface area contributed by atoms with E-state index in [0.717, 1.165) is 38.5 Å². The third kappa shape index (κ3) is 29.2. The van der Waals surface area contributed by atoms with Gasteiger partial charge in [0.1, 0.15) is 6.10 Å². The van der Waals surface area contributed by atoms with E-state index < -0.39 is 40.0 Å². The van der Waals surface area contributed by atoms with Crippen molar-refractivity contribution in [2.45, 2.75) is 180 Å². The SMILES string of the molecule is CCCCCC/C=C\CCCCCCCCC(O)C(=O)NC(CS(=O)(=O)O)C(O)/C=C/CC/C=C/CCCCCCCCC. The van der Waals surface area contributed by atoms with Crippen LogP contribution in [0.3, 0.4) is 0 Å². The van der Waals surface area contributed by atoms with Crippen molar-refractivity contribution in [1.82, 2.24) is 5.32 Å². The Morgan fingerprint density at radius 2 is 1.02 bits per heavy atom. The van der Waals surface area contributed by atoms with Crippen LogP contribution in [0.25, 0.3) is 0 Å². The van der Waals surface area contributed by atoms with E-state index in [9.17, 15) is 28.0 Å². The van der Waals surface area contributed by atoms with Crippen LogP contribution in [0.5, 0.6) is 0 Å². The fraction of sp³-hybridized carbons (Fsp3) is 0.806. The molecule has 1 amide bonds. The number of hydrogen-bond donors (Lipinski definition) is 4. The molecule has 0 heterocycles. The molecule has 0 aromatic carbocycles. The Balaban J connectivity index is 4.21. The van der Waals surface area contributed by atoms with Crippen LogP contribution >= 0.6 is 0 Å². The molecule has 258 valence electrons. The highest BCUT2D eigenvalue weighted by Crippen LogP contribution is 2.12. The summed E-state index contributed by atoms with van der Waals surface area (Å²) in [6.07, 6.45) is 34.8. The molecule has 0 radical (unpaired) electrons. The summed E-state index contributed by atoms with van der Waals surface area (Å²) < 4.78 is 32.3. The molecule has 0 aliphatic rings. The van der Waals surface area contributed by atoms with Gasteiger partial charge in [0.25, 0.3) is 10.1 Å². The highest BCUT2D eigenvalue weighted by atomic mass is 32.2. The number of nitrogens with one attached hydrogen (secondary N) is 1. The van der Waals surface area contributed by atoms with Gasteiger partial charge in [-0.05, 0) is 57.8 Å². The predicted octanol–water partition coefficient (Wildman–Crippen LogP) is 8.76. The van der Waals surface area contributed by atoms with E-state index in [4.69, 9.17) is 0 Å². The van der Waals surface area contributed by atoms with Gasteiger partial charge in [0.2, 0.25) is 5.91 Å². The van der Waals surface area contributed by atoms with E-state index in [1.165, 1.54) is 96.0 Å². The van der Waals surface area contributed by atoms with E-state index >= 15 is 0 Å². The van der Waals surface area contributed by atoms with Gasteiger partial charge < -0.3 is 15.5 Å². The Morgan fingerprint density at radius 3 is 1.52 bits per heavy atom. The summed E-state index contributed by atoms with van der Waals surface area (Å²) in [6.45, 7) is 4.45. The second-order valence-corrected chi connectivity index (χ2v) is 13.8. The lowest BCUT2D eigenvalue weighted by atomic mass is 10.0. The third-order valence-electron chi connectivity index (χ3n) is 7.90. The van der Waals surface area contributed by atoms with Gasteiger partial charge in [-0.15, -0.1) is 0 Å². The van der Waals surface area contributed by atoms with Crippen molar-refractivity contribution in [3.8, 4) is 0 Å². The summed E-state index contributed by atoms with van der Waals surface area (Å²) in [5.74, 6) is -1.57. The number of amides is 1. The average molecular weight is 642 g/mol. The van der Waals surface area contributed by atoms with Crippen molar-refractivity contribution in [3.63, 3.8) is 0 Å². The zero-order valence-electron chi connectivity index (χ0n) is 28.1. The number of unbranched alkanes of at least 4 members (excludes halogenated alkanes) is 18. The number of rotatable bonds is 31. The van der Waals surface area contributed by atoms with Gasteiger partial charge in [0, 0.05) is 0 Å². The van der Waals surface area contributed by atoms with Crippen LogP contribution in [0.4, 0.5) is 0 Å². The molecule has 7 nitrogen and oxygen atoms in total. The molecule has 0 saturated carbocycles. The molecule has 0 saturated heterocycles. The maximum atomic E-state index is 12.5. The highest BCUT2D eigenvalue weighted by molar-refractivity contribution is 7.85. The predicted molar refractivity (Wildman–Crippen MR) is 185 cm³/mol. The first-order valence-electron chi connectivity index (χ1n) is 17.8. The van der Waals surface area contributed by atoms with Gasteiger partial charge in [-0.25, -0.2) is 0 Å². The minimum absolute atomic E-state index is 0.266. The van der Waals surface area contributed by atoms with Crippen LogP contribution in [0.15, 0.2) is 36.5 Å². The number of carbonyl (C=O) groups is 1. The molecule has 0 aromatic heterocycles. The van der Waals surface area contributed by atoms with Crippen LogP contribution < -0.4 is 5.32 Å². The van der Waals surface area contributed by atoms with Gasteiger partial charge in [-0.1, -0.05) is 140 Å². The van der Waals surface area contributed by atoms with E-state index in [2.05, 4.69) is 43.5 Å². The van der Waals surface area contributed by atoms with Crippen LogP contribution in [0, 0.1) is 0 Å². The molecular formula is C36H67NO6S. The van der Waals surface area contributed by atoms with Crippen molar-refractivity contribution in [3.05, 3.63) is 36.5 Å². The lowest BCUT2D eigenvalue weighted by Gasteiger charge is -2.22. The number of aliphatic hydroxyl groups excluding tert-OH is 2. The normalized spacial score (nSPS) is 14.6. The van der Waals surface area contributed by atoms with Crippen molar-refractivity contribution >= 4 is 16.0 Å². The van der Waals surface area contributed by atoms with Gasteiger partial charge in [0.15, 0.2) is 0 Å². The standard InChI is InChI=1S/C36H67NO6S/c1-3-5-7-9-11-13-15-17-19-21-23-25-27-29-31-35(39)36(40)37-33(32-44(41,42)43)34(38)30-28-26-24-22-20-18-16-14-12-10-8-6-4-2/h13,15,20,22,28,30,33-35,38-39H,3-12,14,16-19,21,23-27,29,31-32H2,1-2H3,(H,37,40)(H,41,42,43)/b15-13-,22-20+,30-28+. The Morgan fingerprint density at radius 1 is 0.614 bits per heavy atom. The molecule has 0 aliphatic heterocycles. The lowest BCUT2D eigenvalue weighted by Crippen LogP contribution is -2.50. The smallest absolute Gasteiger partial charge is 0.267 e. The molecule has 3 unspecified atom stereocenters. The minimum atomic E-state index is -4.45. The Hall–Kier alpha value is -1.48. The largest absolute Gasteiger partial charge is 0.387 e. The van der Waals surface area contributed by atoms with E-state index in [0.29, 0.717) is 12.8 Å². The van der Waals surface area contributed by atoms with Crippen molar-refractivity contribution in [2.75, 3.05) is 5.75 Å². The quantitative estimate of drug-likeness (QED) is 0.0341. The minimum Gasteiger partial charge on any atom is -0.387 e. The van der Waals surface area contributed by atoms with E-state index in [-0.39, 0.29) is 6.42 Å². The fourth-order valence-electron chi connectivity index (χ4n) is 5.11. The number of allylic oxidation sites excluding steroid dienone is 5. The molecule has 44 heavy (non-hydrogen) atoms. The molecular weight excluding hydrogens is 574 g/mol. The van der Waals surface area contributed by atoms with Crippen LogP contribution in [0.1, 0.15) is 162 Å². The van der Waals surface area contributed by atoms with Crippen molar-refractivity contribution in [1.29, 1.82) is 0 Å². The first kappa shape index (κ1) is 42.5. The summed E-state index contributed by atoms with van der Waals surface area (Å²) in [6, 6.07) is -1.25. The fourth-order valence-corrected chi connectivity index (χ4v) is 5.85. The Bertz CT molecular complexity index is 855. The number of aliphatic hydroxyl groups is 2. The molecule has 0 aliphatic carbocycles. The van der Waals surface area contributed by atoms with Gasteiger partial charge in [-0.3, -0.25) is 9.35 Å². The molecule has 0 aromatic rings. The van der Waals surface area contributed by atoms with Crippen molar-refractivity contribution < 1.29 is 28.0 Å².